The number of carboxylic acids is 1. The van der Waals surface area contributed by atoms with Crippen molar-refractivity contribution in [2.75, 3.05) is 13.2 Å². The molecule has 1 aromatic heterocycles. The van der Waals surface area contributed by atoms with Crippen LogP contribution in [-0.4, -0.2) is 52.4 Å². The molecule has 1 N–H and O–H groups in total. The van der Waals surface area contributed by atoms with Gasteiger partial charge in [-0.2, -0.15) is 5.10 Å². The third-order valence-corrected chi connectivity index (χ3v) is 6.13. The largest absolute Gasteiger partial charge is 0.497 e. The second-order valence-electron chi connectivity index (χ2n) is 8.62. The van der Waals surface area contributed by atoms with Gasteiger partial charge >= 0.3 is 13.1 Å². The SMILES string of the molecule is CC1(C)OB(c2cc(F)c(-c3c(C(=O)O)cnn3[C@H]3CCOC3)cc2F)OC1(C)C. The number of rotatable bonds is 4. The zero-order chi connectivity index (χ0) is 21.8. The molecule has 3 heterocycles. The number of carbonyl (C=O) groups is 1. The number of ether oxygens (including phenoxy) is 1. The summed E-state index contributed by atoms with van der Waals surface area (Å²) in [6.07, 6.45) is 1.75. The molecule has 1 atom stereocenters. The smallest absolute Gasteiger partial charge is 0.478 e. The number of halogens is 2. The maximum absolute atomic E-state index is 15.2. The van der Waals surface area contributed by atoms with E-state index >= 15 is 8.78 Å². The van der Waals surface area contributed by atoms with Gasteiger partial charge in [-0.05, 0) is 46.2 Å². The minimum absolute atomic E-state index is 0.00914. The molecule has 0 amide bonds. The lowest BCUT2D eigenvalue weighted by Crippen LogP contribution is -2.41. The van der Waals surface area contributed by atoms with Gasteiger partial charge in [0.2, 0.25) is 0 Å². The number of carboxylic acid groups (broad SMARTS) is 1. The van der Waals surface area contributed by atoms with E-state index in [-0.39, 0.29) is 28.3 Å². The van der Waals surface area contributed by atoms with Crippen molar-refractivity contribution in [3.63, 3.8) is 0 Å². The predicted molar refractivity (Wildman–Crippen MR) is 105 cm³/mol. The third kappa shape index (κ3) is 3.32. The van der Waals surface area contributed by atoms with Crippen LogP contribution in [0.1, 0.15) is 50.5 Å². The van der Waals surface area contributed by atoms with E-state index in [1.165, 1.54) is 4.68 Å². The van der Waals surface area contributed by atoms with Crippen molar-refractivity contribution >= 4 is 18.6 Å². The van der Waals surface area contributed by atoms with Gasteiger partial charge in [0.05, 0.1) is 35.7 Å². The van der Waals surface area contributed by atoms with Crippen molar-refractivity contribution in [2.24, 2.45) is 0 Å². The summed E-state index contributed by atoms with van der Waals surface area (Å²) in [6, 6.07) is 1.73. The molecule has 2 saturated heterocycles. The van der Waals surface area contributed by atoms with Gasteiger partial charge in [-0.1, -0.05) is 0 Å². The highest BCUT2D eigenvalue weighted by Crippen LogP contribution is 2.37. The predicted octanol–water partition coefficient (Wildman–Crippen LogP) is 2.79. The Kier molecular flexibility index (Phi) is 4.99. The van der Waals surface area contributed by atoms with Crippen LogP contribution in [0.25, 0.3) is 11.3 Å². The van der Waals surface area contributed by atoms with E-state index in [0.717, 1.165) is 18.3 Å². The van der Waals surface area contributed by atoms with Crippen molar-refractivity contribution in [3.8, 4) is 11.3 Å². The van der Waals surface area contributed by atoms with Crippen LogP contribution in [-0.2, 0) is 14.0 Å². The lowest BCUT2D eigenvalue weighted by molar-refractivity contribution is 0.00578. The molecule has 7 nitrogen and oxygen atoms in total. The number of nitrogens with zero attached hydrogens (tertiary/aromatic N) is 2. The molecule has 2 aliphatic rings. The maximum atomic E-state index is 15.2. The topological polar surface area (TPSA) is 82.8 Å². The molecule has 0 spiro atoms. The van der Waals surface area contributed by atoms with Crippen molar-refractivity contribution in [1.29, 1.82) is 0 Å². The number of benzene rings is 1. The van der Waals surface area contributed by atoms with Gasteiger partial charge in [-0.3, -0.25) is 4.68 Å². The lowest BCUT2D eigenvalue weighted by Gasteiger charge is -2.32. The molecule has 0 bridgehead atoms. The van der Waals surface area contributed by atoms with Crippen molar-refractivity contribution in [3.05, 3.63) is 35.5 Å². The third-order valence-electron chi connectivity index (χ3n) is 6.13. The molecule has 2 fully saturated rings. The fraction of sp³-hybridized carbons (Fsp3) is 0.500. The van der Waals surface area contributed by atoms with Gasteiger partial charge in [0.1, 0.15) is 17.2 Å². The molecular weight excluding hydrogens is 397 g/mol. The van der Waals surface area contributed by atoms with Crippen molar-refractivity contribution < 1.29 is 32.7 Å². The van der Waals surface area contributed by atoms with E-state index in [9.17, 15) is 9.90 Å². The summed E-state index contributed by atoms with van der Waals surface area (Å²) in [7, 11) is -1.08. The Morgan fingerprint density at radius 1 is 1.20 bits per heavy atom. The normalized spacial score (nSPS) is 22.6. The number of hydrogen-bond acceptors (Lipinski definition) is 5. The molecule has 0 aliphatic carbocycles. The van der Waals surface area contributed by atoms with Gasteiger partial charge in [0.25, 0.3) is 0 Å². The molecule has 2 aromatic rings. The van der Waals surface area contributed by atoms with E-state index in [1.807, 2.05) is 27.7 Å². The van der Waals surface area contributed by atoms with Crippen LogP contribution < -0.4 is 5.46 Å². The maximum Gasteiger partial charge on any atom is 0.497 e. The van der Waals surface area contributed by atoms with E-state index in [4.69, 9.17) is 14.0 Å². The summed E-state index contributed by atoms with van der Waals surface area (Å²) in [6.45, 7) is 8.08. The summed E-state index contributed by atoms with van der Waals surface area (Å²) < 4.78 is 48.7. The molecule has 30 heavy (non-hydrogen) atoms. The van der Waals surface area contributed by atoms with E-state index < -0.39 is 35.9 Å². The Hall–Kier alpha value is -2.30. The summed E-state index contributed by atoms with van der Waals surface area (Å²) in [5, 5.41) is 13.7. The van der Waals surface area contributed by atoms with Crippen molar-refractivity contribution in [2.45, 2.75) is 51.4 Å². The van der Waals surface area contributed by atoms with Crippen LogP contribution in [0.2, 0.25) is 0 Å². The fourth-order valence-corrected chi connectivity index (χ4v) is 3.67. The van der Waals surface area contributed by atoms with Crippen LogP contribution in [0.3, 0.4) is 0 Å². The first-order chi connectivity index (χ1) is 14.0. The standard InChI is InChI=1S/C20H23BF2N2O5/c1-19(2)20(3,4)30-21(29-19)14-8-15(22)12(7-16(14)23)17-13(18(26)27)9-24-25(17)11-5-6-28-10-11/h7-9,11H,5-6,10H2,1-4H3,(H,26,27)/t11-/m0/s1. The monoisotopic (exact) mass is 420 g/mol. The molecule has 2 aliphatic heterocycles. The van der Waals surface area contributed by atoms with Gasteiger partial charge < -0.3 is 19.2 Å². The molecule has 160 valence electrons. The Morgan fingerprint density at radius 2 is 1.87 bits per heavy atom. The minimum Gasteiger partial charge on any atom is -0.478 e. The van der Waals surface area contributed by atoms with Gasteiger partial charge in [0, 0.05) is 17.6 Å². The Labute approximate surface area is 173 Å². The Morgan fingerprint density at radius 3 is 2.43 bits per heavy atom. The highest BCUT2D eigenvalue weighted by molar-refractivity contribution is 6.62. The highest BCUT2D eigenvalue weighted by Gasteiger charge is 2.52. The minimum atomic E-state index is -1.27. The van der Waals surface area contributed by atoms with Crippen LogP contribution in [0, 0.1) is 11.6 Å². The molecule has 1 aromatic carbocycles. The number of aromatic nitrogens is 2. The number of aromatic carboxylic acids is 1. The zero-order valence-corrected chi connectivity index (χ0v) is 17.2. The second kappa shape index (κ2) is 7.14. The van der Waals surface area contributed by atoms with Crippen LogP contribution >= 0.6 is 0 Å². The van der Waals surface area contributed by atoms with Crippen molar-refractivity contribution in [1.82, 2.24) is 9.78 Å². The zero-order valence-electron chi connectivity index (χ0n) is 17.2. The number of hydrogen-bond donors (Lipinski definition) is 1. The Balaban J connectivity index is 1.78. The lowest BCUT2D eigenvalue weighted by atomic mass is 9.78. The average Bonchev–Trinajstić information content (AvgIpc) is 3.34. The van der Waals surface area contributed by atoms with E-state index in [0.29, 0.717) is 19.6 Å². The first-order valence-corrected chi connectivity index (χ1v) is 9.75. The molecular formula is C20H23BF2N2O5. The summed E-state index contributed by atoms with van der Waals surface area (Å²) in [4.78, 5) is 11.7. The summed E-state index contributed by atoms with van der Waals surface area (Å²) >= 11 is 0. The molecule has 0 radical (unpaired) electrons. The van der Waals surface area contributed by atoms with Crippen LogP contribution in [0.4, 0.5) is 8.78 Å². The Bertz CT molecular complexity index is 985. The molecule has 10 heteroatoms. The molecule has 0 saturated carbocycles. The van der Waals surface area contributed by atoms with E-state index in [2.05, 4.69) is 5.10 Å². The summed E-state index contributed by atoms with van der Waals surface area (Å²) in [5.74, 6) is -2.81. The van der Waals surface area contributed by atoms with Gasteiger partial charge in [-0.15, -0.1) is 0 Å². The van der Waals surface area contributed by atoms with E-state index in [1.54, 1.807) is 0 Å². The van der Waals surface area contributed by atoms with Gasteiger partial charge in [0.15, 0.2) is 0 Å². The average molecular weight is 420 g/mol. The quantitative estimate of drug-likeness (QED) is 0.767. The van der Waals surface area contributed by atoms with Crippen LogP contribution in [0.15, 0.2) is 18.3 Å². The molecule has 4 rings (SSSR count). The second-order valence-corrected chi connectivity index (χ2v) is 8.62. The first kappa shape index (κ1) is 21.0. The fourth-order valence-electron chi connectivity index (χ4n) is 3.67. The summed E-state index contributed by atoms with van der Waals surface area (Å²) in [5.41, 5.74) is -1.89. The first-order valence-electron chi connectivity index (χ1n) is 9.75. The molecule has 0 unspecified atom stereocenters. The highest BCUT2D eigenvalue weighted by atomic mass is 19.1. The van der Waals surface area contributed by atoms with Crippen LogP contribution in [0.5, 0.6) is 0 Å². The van der Waals surface area contributed by atoms with Gasteiger partial charge in [-0.25, -0.2) is 13.6 Å².